The number of aromatic carboxylic acids is 1. The van der Waals surface area contributed by atoms with E-state index in [0.29, 0.717) is 37.6 Å². The zero-order chi connectivity index (χ0) is 24.5. The molecule has 1 aromatic carbocycles. The molecule has 182 valence electrons. The SMILES string of the molecule is CCOCCn1cc(C(=O)O)ccc1=O.CNC1CC(c2cccc3c2N(C)C(=O)C32CC2)C1. The highest BCUT2D eigenvalue weighted by Crippen LogP contribution is 2.59. The molecule has 3 aliphatic rings. The molecule has 0 radical (unpaired) electrons. The van der Waals surface area contributed by atoms with Crippen molar-refractivity contribution in [3.63, 3.8) is 0 Å². The molecule has 1 aliphatic heterocycles. The number of rotatable bonds is 7. The minimum absolute atomic E-state index is 0.103. The van der Waals surface area contributed by atoms with Gasteiger partial charge < -0.3 is 24.6 Å². The molecule has 8 heteroatoms. The summed E-state index contributed by atoms with van der Waals surface area (Å²) >= 11 is 0. The Morgan fingerprint density at radius 1 is 1.21 bits per heavy atom. The van der Waals surface area contributed by atoms with Crippen LogP contribution in [0, 0.1) is 0 Å². The van der Waals surface area contributed by atoms with Crippen LogP contribution in [0.4, 0.5) is 5.69 Å². The van der Waals surface area contributed by atoms with Crippen LogP contribution < -0.4 is 15.8 Å². The Kier molecular flexibility index (Phi) is 6.91. The van der Waals surface area contributed by atoms with E-state index in [4.69, 9.17) is 9.84 Å². The lowest BCUT2D eigenvalue weighted by Crippen LogP contribution is -2.38. The van der Waals surface area contributed by atoms with Crippen molar-refractivity contribution in [3.05, 3.63) is 63.6 Å². The first-order chi connectivity index (χ1) is 16.3. The van der Waals surface area contributed by atoms with Gasteiger partial charge in [0.05, 0.1) is 23.3 Å². The van der Waals surface area contributed by atoms with Crippen molar-refractivity contribution in [1.29, 1.82) is 0 Å². The third-order valence-corrected chi connectivity index (χ3v) is 7.28. The molecule has 8 nitrogen and oxygen atoms in total. The smallest absolute Gasteiger partial charge is 0.337 e. The predicted octanol–water partition coefficient (Wildman–Crippen LogP) is 2.74. The maximum Gasteiger partial charge on any atom is 0.337 e. The largest absolute Gasteiger partial charge is 0.478 e. The van der Waals surface area contributed by atoms with Crippen molar-refractivity contribution in [2.24, 2.45) is 0 Å². The van der Waals surface area contributed by atoms with E-state index in [9.17, 15) is 14.4 Å². The summed E-state index contributed by atoms with van der Waals surface area (Å²) in [6.45, 7) is 3.21. The van der Waals surface area contributed by atoms with Crippen molar-refractivity contribution >= 4 is 17.6 Å². The van der Waals surface area contributed by atoms with Crippen LogP contribution in [0.2, 0.25) is 0 Å². The number of pyridine rings is 1. The number of likely N-dealkylation sites (N-methyl/N-ethyl adjacent to an activating group) is 1. The minimum atomic E-state index is -1.04. The van der Waals surface area contributed by atoms with Crippen LogP contribution >= 0.6 is 0 Å². The van der Waals surface area contributed by atoms with E-state index in [1.54, 1.807) is 0 Å². The number of aromatic nitrogens is 1. The van der Waals surface area contributed by atoms with Crippen LogP contribution in [-0.4, -0.2) is 54.9 Å². The second-order valence-corrected chi connectivity index (χ2v) is 9.30. The van der Waals surface area contributed by atoms with E-state index in [2.05, 4.69) is 23.5 Å². The highest BCUT2D eigenvalue weighted by Gasteiger charge is 2.59. The van der Waals surface area contributed by atoms with Crippen LogP contribution in [-0.2, 0) is 21.5 Å². The van der Waals surface area contributed by atoms with E-state index in [-0.39, 0.29) is 16.5 Å². The maximum atomic E-state index is 12.5. The number of ether oxygens (including phenoxy) is 1. The molecule has 34 heavy (non-hydrogen) atoms. The second-order valence-electron chi connectivity index (χ2n) is 9.30. The Balaban J connectivity index is 0.000000167. The number of para-hydroxylation sites is 1. The zero-order valence-electron chi connectivity index (χ0n) is 20.0. The van der Waals surface area contributed by atoms with E-state index >= 15 is 0 Å². The number of hydrogen-bond acceptors (Lipinski definition) is 5. The van der Waals surface area contributed by atoms with Crippen molar-refractivity contribution in [1.82, 2.24) is 9.88 Å². The molecule has 2 fully saturated rings. The van der Waals surface area contributed by atoms with Gasteiger partial charge in [-0.3, -0.25) is 9.59 Å². The van der Waals surface area contributed by atoms with Crippen molar-refractivity contribution in [2.45, 2.75) is 56.5 Å². The lowest BCUT2D eigenvalue weighted by atomic mass is 9.74. The van der Waals surface area contributed by atoms with Gasteiger partial charge in [0, 0.05) is 38.5 Å². The Morgan fingerprint density at radius 3 is 2.56 bits per heavy atom. The third kappa shape index (κ3) is 4.40. The Morgan fingerprint density at radius 2 is 1.94 bits per heavy atom. The van der Waals surface area contributed by atoms with Gasteiger partial charge >= 0.3 is 5.97 Å². The quantitative estimate of drug-likeness (QED) is 0.608. The van der Waals surface area contributed by atoms with Crippen molar-refractivity contribution in [2.75, 3.05) is 32.2 Å². The van der Waals surface area contributed by atoms with Crippen LogP contribution in [0.25, 0.3) is 0 Å². The summed E-state index contributed by atoms with van der Waals surface area (Å²) in [4.78, 5) is 36.3. The number of anilines is 1. The lowest BCUT2D eigenvalue weighted by Gasteiger charge is -2.37. The molecule has 2 heterocycles. The average Bonchev–Trinajstić information content (AvgIpc) is 3.57. The topological polar surface area (TPSA) is 101 Å². The molecule has 1 spiro atoms. The maximum absolute atomic E-state index is 12.5. The number of carboxylic acid groups (broad SMARTS) is 1. The Bertz CT molecular complexity index is 1130. The summed E-state index contributed by atoms with van der Waals surface area (Å²) in [5, 5.41) is 12.1. The molecule has 0 atom stereocenters. The van der Waals surface area contributed by atoms with E-state index in [1.165, 1.54) is 52.6 Å². The van der Waals surface area contributed by atoms with Gasteiger partial charge in [-0.2, -0.15) is 0 Å². The number of carbonyl (C=O) groups excluding carboxylic acids is 1. The van der Waals surface area contributed by atoms with Crippen LogP contribution in [0.3, 0.4) is 0 Å². The van der Waals surface area contributed by atoms with E-state index in [1.807, 2.05) is 25.9 Å². The van der Waals surface area contributed by atoms with Gasteiger partial charge in [0.25, 0.3) is 5.56 Å². The summed E-state index contributed by atoms with van der Waals surface area (Å²) in [5.41, 5.74) is 3.66. The molecule has 2 aromatic rings. The number of hydrogen-bond donors (Lipinski definition) is 2. The summed E-state index contributed by atoms with van der Waals surface area (Å²) in [7, 11) is 3.98. The molecule has 2 N–H and O–H groups in total. The molecule has 2 aliphatic carbocycles. The fraction of sp³-hybridized carbons (Fsp3) is 0.500. The number of amides is 1. The van der Waals surface area contributed by atoms with Gasteiger partial charge in [-0.1, -0.05) is 18.2 Å². The summed E-state index contributed by atoms with van der Waals surface area (Å²) in [6, 6.07) is 9.73. The normalized spacial score (nSPS) is 21.5. The van der Waals surface area contributed by atoms with Crippen LogP contribution in [0.15, 0.2) is 41.3 Å². The van der Waals surface area contributed by atoms with Crippen LogP contribution in [0.1, 0.15) is 60.0 Å². The first kappa shape index (κ1) is 24.2. The molecule has 1 aromatic heterocycles. The zero-order valence-corrected chi connectivity index (χ0v) is 20.0. The number of nitrogens with zero attached hydrogens (tertiary/aromatic N) is 2. The lowest BCUT2D eigenvalue weighted by molar-refractivity contribution is -0.119. The van der Waals surface area contributed by atoms with Gasteiger partial charge in [-0.25, -0.2) is 4.79 Å². The predicted molar refractivity (Wildman–Crippen MR) is 130 cm³/mol. The monoisotopic (exact) mass is 467 g/mol. The fourth-order valence-electron chi connectivity index (χ4n) is 5.04. The number of fused-ring (bicyclic) bond motifs is 2. The number of carboxylic acids is 1. The summed E-state index contributed by atoms with van der Waals surface area (Å²) in [5.74, 6) is -0.101. The van der Waals surface area contributed by atoms with Gasteiger partial charge in [0.2, 0.25) is 5.91 Å². The number of carbonyl (C=O) groups is 2. The number of nitrogens with one attached hydrogen (secondary N) is 1. The molecule has 0 saturated heterocycles. The Hall–Kier alpha value is -2.97. The molecule has 0 bridgehead atoms. The molecular formula is C26H33N3O5. The molecular weight excluding hydrogens is 434 g/mol. The highest BCUT2D eigenvalue weighted by molar-refractivity contribution is 6.10. The van der Waals surface area contributed by atoms with E-state index in [0.717, 1.165) is 12.8 Å². The summed E-state index contributed by atoms with van der Waals surface area (Å²) < 4.78 is 6.42. The van der Waals surface area contributed by atoms with Crippen molar-refractivity contribution < 1.29 is 19.4 Å². The number of benzene rings is 1. The van der Waals surface area contributed by atoms with Crippen LogP contribution in [0.5, 0.6) is 0 Å². The van der Waals surface area contributed by atoms with Gasteiger partial charge in [0.15, 0.2) is 0 Å². The molecule has 5 rings (SSSR count). The molecule has 1 amide bonds. The fourth-order valence-corrected chi connectivity index (χ4v) is 5.04. The molecule has 0 unspecified atom stereocenters. The minimum Gasteiger partial charge on any atom is -0.478 e. The first-order valence-corrected chi connectivity index (χ1v) is 11.9. The van der Waals surface area contributed by atoms with Crippen molar-refractivity contribution in [3.8, 4) is 0 Å². The average molecular weight is 468 g/mol. The third-order valence-electron chi connectivity index (χ3n) is 7.28. The first-order valence-electron chi connectivity index (χ1n) is 11.9. The van der Waals surface area contributed by atoms with Gasteiger partial charge in [0.1, 0.15) is 0 Å². The van der Waals surface area contributed by atoms with Gasteiger partial charge in [-0.05, 0) is 62.8 Å². The van der Waals surface area contributed by atoms with E-state index < -0.39 is 5.97 Å². The Labute approximate surface area is 199 Å². The molecule has 2 saturated carbocycles. The second kappa shape index (κ2) is 9.72. The summed E-state index contributed by atoms with van der Waals surface area (Å²) in [6.07, 6.45) is 5.79. The standard InChI is InChI=1S/C16H20N2O.C10H13NO4/c1-17-11-8-10(9-11)12-4-3-5-13-14(12)18(2)15(19)16(13)6-7-16;1-2-15-6-5-11-7-8(10(13)14)3-4-9(11)12/h3-5,10-11,17H,6-9H2,1-2H3;3-4,7H,2,5-6H2,1H3,(H,13,14). The highest BCUT2D eigenvalue weighted by atomic mass is 16.5. The van der Waals surface area contributed by atoms with Gasteiger partial charge in [-0.15, -0.1) is 0 Å².